The summed E-state index contributed by atoms with van der Waals surface area (Å²) < 4.78 is 5.51. The van der Waals surface area contributed by atoms with Crippen LogP contribution in [0.25, 0.3) is 0 Å². The van der Waals surface area contributed by atoms with Crippen molar-refractivity contribution in [3.05, 3.63) is 59.8 Å². The van der Waals surface area contributed by atoms with Crippen molar-refractivity contribution in [2.75, 3.05) is 25.4 Å². The van der Waals surface area contributed by atoms with Crippen molar-refractivity contribution in [1.29, 1.82) is 0 Å². The van der Waals surface area contributed by atoms with Crippen molar-refractivity contribution in [3.8, 4) is 5.88 Å². The molecule has 24 heavy (non-hydrogen) atoms. The van der Waals surface area contributed by atoms with Crippen LogP contribution < -0.4 is 4.74 Å². The Morgan fingerprint density at radius 3 is 2.88 bits per heavy atom. The minimum atomic E-state index is 0.0147. The maximum Gasteiger partial charge on any atom is 0.259 e. The highest BCUT2D eigenvalue weighted by molar-refractivity contribution is 7.99. The molecule has 1 aromatic carbocycles. The van der Waals surface area contributed by atoms with E-state index in [1.54, 1.807) is 18.3 Å². The van der Waals surface area contributed by atoms with Gasteiger partial charge in [-0.25, -0.2) is 4.98 Å². The van der Waals surface area contributed by atoms with Gasteiger partial charge in [-0.1, -0.05) is 30.3 Å². The van der Waals surface area contributed by atoms with Gasteiger partial charge in [0.05, 0.1) is 6.61 Å². The van der Waals surface area contributed by atoms with Crippen LogP contribution in [0.2, 0.25) is 0 Å². The summed E-state index contributed by atoms with van der Waals surface area (Å²) in [5.74, 6) is 1.39. The summed E-state index contributed by atoms with van der Waals surface area (Å²) in [7, 11) is 0. The molecule has 3 rings (SSSR count). The van der Waals surface area contributed by atoms with Crippen LogP contribution in [-0.4, -0.2) is 41.2 Å². The van der Waals surface area contributed by atoms with Crippen molar-refractivity contribution >= 4 is 17.7 Å². The lowest BCUT2D eigenvalue weighted by Crippen LogP contribution is -2.33. The second kappa shape index (κ2) is 8.20. The van der Waals surface area contributed by atoms with E-state index in [0.717, 1.165) is 25.3 Å². The zero-order valence-electron chi connectivity index (χ0n) is 13.9. The molecule has 1 atom stereocenters. The highest BCUT2D eigenvalue weighted by Gasteiger charge is 2.25. The van der Waals surface area contributed by atoms with Gasteiger partial charge in [-0.15, -0.1) is 0 Å². The molecule has 5 heteroatoms. The smallest absolute Gasteiger partial charge is 0.259 e. The second-order valence-corrected chi connectivity index (χ2v) is 6.95. The molecular formula is C19H22N2O2S. The lowest BCUT2D eigenvalue weighted by Gasteiger charge is -2.21. The highest BCUT2D eigenvalue weighted by atomic mass is 32.2. The molecule has 0 spiro atoms. The second-order valence-electron chi connectivity index (χ2n) is 5.64. The van der Waals surface area contributed by atoms with Crippen molar-refractivity contribution in [2.24, 2.45) is 0 Å². The molecular weight excluding hydrogens is 320 g/mol. The van der Waals surface area contributed by atoms with Gasteiger partial charge in [0.1, 0.15) is 5.56 Å². The van der Waals surface area contributed by atoms with Gasteiger partial charge in [0, 0.05) is 30.3 Å². The number of carbonyl (C=O) groups is 1. The molecule has 0 saturated carbocycles. The maximum absolute atomic E-state index is 12.9. The van der Waals surface area contributed by atoms with E-state index in [4.69, 9.17) is 4.74 Å². The average Bonchev–Trinajstić information content (AvgIpc) is 2.89. The van der Waals surface area contributed by atoms with E-state index >= 15 is 0 Å². The molecule has 0 unspecified atom stereocenters. The SMILES string of the molecule is CCOc1ncccc1C(=O)N1CCS[C@H](c2ccccc2)CC1. The number of ether oxygens (including phenoxy) is 1. The van der Waals surface area contributed by atoms with E-state index in [9.17, 15) is 4.79 Å². The van der Waals surface area contributed by atoms with E-state index in [-0.39, 0.29) is 5.91 Å². The summed E-state index contributed by atoms with van der Waals surface area (Å²) >= 11 is 1.93. The molecule has 0 radical (unpaired) electrons. The molecule has 2 heterocycles. The largest absolute Gasteiger partial charge is 0.477 e. The number of carbonyl (C=O) groups excluding carboxylic acids is 1. The molecule has 0 aliphatic carbocycles. The van der Waals surface area contributed by atoms with E-state index in [2.05, 4.69) is 29.2 Å². The fourth-order valence-corrected chi connectivity index (χ4v) is 4.11. The van der Waals surface area contributed by atoms with Crippen LogP contribution >= 0.6 is 11.8 Å². The summed E-state index contributed by atoms with van der Waals surface area (Å²) in [5.41, 5.74) is 1.90. The normalized spacial score (nSPS) is 18.0. The van der Waals surface area contributed by atoms with Crippen LogP contribution in [-0.2, 0) is 0 Å². The van der Waals surface area contributed by atoms with Gasteiger partial charge in [0.25, 0.3) is 5.91 Å². The lowest BCUT2D eigenvalue weighted by atomic mass is 10.1. The molecule has 1 fully saturated rings. The van der Waals surface area contributed by atoms with Gasteiger partial charge in [-0.05, 0) is 31.0 Å². The van der Waals surface area contributed by atoms with E-state index in [0.29, 0.717) is 23.3 Å². The molecule has 2 aromatic rings. The number of hydrogen-bond donors (Lipinski definition) is 0. The summed E-state index contributed by atoms with van der Waals surface area (Å²) in [4.78, 5) is 19.0. The first kappa shape index (κ1) is 16.8. The van der Waals surface area contributed by atoms with Gasteiger partial charge in [-0.3, -0.25) is 4.79 Å². The zero-order valence-corrected chi connectivity index (χ0v) is 14.7. The Bertz CT molecular complexity index is 678. The monoisotopic (exact) mass is 342 g/mol. The number of amides is 1. The first-order valence-electron chi connectivity index (χ1n) is 8.33. The topological polar surface area (TPSA) is 42.4 Å². The van der Waals surface area contributed by atoms with Crippen LogP contribution in [0.1, 0.15) is 34.5 Å². The Kier molecular flexibility index (Phi) is 5.75. The number of aromatic nitrogens is 1. The minimum Gasteiger partial charge on any atom is -0.477 e. The van der Waals surface area contributed by atoms with Gasteiger partial charge < -0.3 is 9.64 Å². The van der Waals surface area contributed by atoms with E-state index in [1.165, 1.54) is 5.56 Å². The summed E-state index contributed by atoms with van der Waals surface area (Å²) in [6.45, 7) is 3.92. The van der Waals surface area contributed by atoms with Crippen LogP contribution in [0.5, 0.6) is 5.88 Å². The molecule has 0 bridgehead atoms. The highest BCUT2D eigenvalue weighted by Crippen LogP contribution is 2.34. The van der Waals surface area contributed by atoms with Gasteiger partial charge in [0.15, 0.2) is 0 Å². The Morgan fingerprint density at radius 1 is 1.25 bits per heavy atom. The summed E-state index contributed by atoms with van der Waals surface area (Å²) in [5, 5.41) is 0.448. The van der Waals surface area contributed by atoms with E-state index < -0.39 is 0 Å². The van der Waals surface area contributed by atoms with Gasteiger partial charge >= 0.3 is 0 Å². The molecule has 1 aliphatic heterocycles. The van der Waals surface area contributed by atoms with Crippen molar-refractivity contribution < 1.29 is 9.53 Å². The first-order valence-corrected chi connectivity index (χ1v) is 9.38. The van der Waals surface area contributed by atoms with Gasteiger partial charge in [-0.2, -0.15) is 11.8 Å². The number of nitrogens with zero attached hydrogens (tertiary/aromatic N) is 2. The molecule has 1 aromatic heterocycles. The van der Waals surface area contributed by atoms with E-state index in [1.807, 2.05) is 29.7 Å². The summed E-state index contributed by atoms with van der Waals surface area (Å²) in [6.07, 6.45) is 2.62. The Labute approximate surface area is 147 Å². The van der Waals surface area contributed by atoms with Crippen molar-refractivity contribution in [1.82, 2.24) is 9.88 Å². The predicted octanol–water partition coefficient (Wildman–Crippen LogP) is 3.80. The number of rotatable bonds is 4. The summed E-state index contributed by atoms with van der Waals surface area (Å²) in [6, 6.07) is 14.1. The minimum absolute atomic E-state index is 0.0147. The zero-order chi connectivity index (χ0) is 16.8. The van der Waals surface area contributed by atoms with Crippen LogP contribution in [0, 0.1) is 0 Å². The number of pyridine rings is 1. The van der Waals surface area contributed by atoms with Gasteiger partial charge in [0.2, 0.25) is 5.88 Å². The third-order valence-electron chi connectivity index (χ3n) is 4.08. The number of benzene rings is 1. The molecule has 0 N–H and O–H groups in total. The average molecular weight is 342 g/mol. The van der Waals surface area contributed by atoms with Crippen LogP contribution in [0.3, 0.4) is 0 Å². The molecule has 1 aliphatic rings. The Hall–Kier alpha value is -2.01. The third kappa shape index (κ3) is 3.90. The standard InChI is InChI=1S/C19H22N2O2S/c1-2-23-18-16(9-6-11-20-18)19(22)21-12-10-17(24-14-13-21)15-7-4-3-5-8-15/h3-9,11,17H,2,10,12-14H2,1H3/t17-/m0/s1. The number of hydrogen-bond acceptors (Lipinski definition) is 4. The molecule has 4 nitrogen and oxygen atoms in total. The van der Waals surface area contributed by atoms with Crippen LogP contribution in [0.15, 0.2) is 48.7 Å². The molecule has 1 saturated heterocycles. The number of thioether (sulfide) groups is 1. The Morgan fingerprint density at radius 2 is 2.08 bits per heavy atom. The molecule has 1 amide bonds. The predicted molar refractivity (Wildman–Crippen MR) is 97.6 cm³/mol. The Balaban J connectivity index is 1.71. The maximum atomic E-state index is 12.9. The third-order valence-corrected chi connectivity index (χ3v) is 5.41. The van der Waals surface area contributed by atoms with Crippen molar-refractivity contribution in [2.45, 2.75) is 18.6 Å². The van der Waals surface area contributed by atoms with Crippen LogP contribution in [0.4, 0.5) is 0 Å². The quantitative estimate of drug-likeness (QED) is 0.847. The molecule has 126 valence electrons. The van der Waals surface area contributed by atoms with Crippen molar-refractivity contribution in [3.63, 3.8) is 0 Å². The first-order chi connectivity index (χ1) is 11.8. The lowest BCUT2D eigenvalue weighted by molar-refractivity contribution is 0.0761. The fourth-order valence-electron chi connectivity index (χ4n) is 2.88. The fraction of sp³-hybridized carbons (Fsp3) is 0.368.